The second kappa shape index (κ2) is 4.49. The van der Waals surface area contributed by atoms with E-state index in [1.54, 1.807) is 11.3 Å². The minimum atomic E-state index is -0.109. The fourth-order valence-electron chi connectivity index (χ4n) is 2.19. The lowest BCUT2D eigenvalue weighted by atomic mass is 9.82. The lowest BCUT2D eigenvalue weighted by molar-refractivity contribution is 0.173. The molecular formula is C11H18N2OS. The van der Waals surface area contributed by atoms with Crippen LogP contribution in [0, 0.1) is 6.92 Å². The van der Waals surface area contributed by atoms with Gasteiger partial charge in [0.2, 0.25) is 0 Å². The summed E-state index contributed by atoms with van der Waals surface area (Å²) in [5.74, 6) is 0. The molecule has 0 radical (unpaired) electrons. The van der Waals surface area contributed by atoms with Gasteiger partial charge in [-0.2, -0.15) is 0 Å². The van der Waals surface area contributed by atoms with E-state index >= 15 is 0 Å². The third kappa shape index (κ3) is 2.49. The molecule has 1 heterocycles. The Morgan fingerprint density at radius 1 is 1.47 bits per heavy atom. The third-order valence-electron chi connectivity index (χ3n) is 3.10. The molecule has 2 N–H and O–H groups in total. The normalized spacial score (nSPS) is 20.1. The van der Waals surface area contributed by atoms with Gasteiger partial charge in [-0.25, -0.2) is 4.98 Å². The van der Waals surface area contributed by atoms with E-state index in [4.69, 9.17) is 0 Å². The molecule has 0 bridgehead atoms. The third-order valence-corrected chi connectivity index (χ3v) is 3.98. The van der Waals surface area contributed by atoms with E-state index in [0.717, 1.165) is 23.7 Å². The number of aromatic nitrogens is 1. The molecule has 0 unspecified atom stereocenters. The van der Waals surface area contributed by atoms with Gasteiger partial charge in [0.25, 0.3) is 0 Å². The van der Waals surface area contributed by atoms with Gasteiger partial charge >= 0.3 is 0 Å². The Morgan fingerprint density at radius 3 is 2.73 bits per heavy atom. The number of nitrogens with zero attached hydrogens (tertiary/aromatic N) is 1. The summed E-state index contributed by atoms with van der Waals surface area (Å²) < 4.78 is 0. The van der Waals surface area contributed by atoms with Gasteiger partial charge in [0.1, 0.15) is 0 Å². The monoisotopic (exact) mass is 226 g/mol. The van der Waals surface area contributed by atoms with Gasteiger partial charge in [-0.3, -0.25) is 0 Å². The predicted octanol–water partition coefficient (Wildman–Crippen LogP) is 2.56. The van der Waals surface area contributed by atoms with Crippen molar-refractivity contribution in [3.63, 3.8) is 0 Å². The van der Waals surface area contributed by atoms with Crippen LogP contribution in [0.4, 0.5) is 5.13 Å². The lowest BCUT2D eigenvalue weighted by Crippen LogP contribution is -2.43. The number of thiazole rings is 1. The van der Waals surface area contributed by atoms with Gasteiger partial charge in [0.05, 0.1) is 17.8 Å². The summed E-state index contributed by atoms with van der Waals surface area (Å²) in [5, 5.41) is 15.9. The Hall–Kier alpha value is -0.610. The zero-order chi connectivity index (χ0) is 10.7. The average molecular weight is 226 g/mol. The van der Waals surface area contributed by atoms with Crippen molar-refractivity contribution in [2.75, 3.05) is 11.9 Å². The maximum atomic E-state index is 9.52. The van der Waals surface area contributed by atoms with E-state index in [1.165, 1.54) is 19.3 Å². The molecular weight excluding hydrogens is 208 g/mol. The number of aryl methyl sites for hydroxylation is 1. The highest BCUT2D eigenvalue weighted by Crippen LogP contribution is 2.32. The predicted molar refractivity (Wildman–Crippen MR) is 63.4 cm³/mol. The molecule has 4 heteroatoms. The summed E-state index contributed by atoms with van der Waals surface area (Å²) in [6.45, 7) is 2.21. The van der Waals surface area contributed by atoms with Crippen molar-refractivity contribution in [1.82, 2.24) is 4.98 Å². The van der Waals surface area contributed by atoms with E-state index in [9.17, 15) is 5.11 Å². The summed E-state index contributed by atoms with van der Waals surface area (Å²) in [6, 6.07) is 0. The molecule has 1 saturated carbocycles. The highest BCUT2D eigenvalue weighted by Gasteiger charge is 2.31. The number of aliphatic hydroxyl groups excluding tert-OH is 1. The number of hydrogen-bond acceptors (Lipinski definition) is 4. The number of rotatable bonds is 3. The van der Waals surface area contributed by atoms with Crippen LogP contribution in [0.2, 0.25) is 0 Å². The standard InChI is InChI=1S/C11H18N2OS/c1-9-7-15-10(12-9)13-11(8-14)5-3-2-4-6-11/h7,14H,2-6,8H2,1H3,(H,12,13). The Kier molecular flexibility index (Phi) is 3.26. The summed E-state index contributed by atoms with van der Waals surface area (Å²) in [7, 11) is 0. The number of aliphatic hydroxyl groups is 1. The van der Waals surface area contributed by atoms with Gasteiger partial charge in [-0.15, -0.1) is 11.3 Å². The molecule has 3 nitrogen and oxygen atoms in total. The van der Waals surface area contributed by atoms with Crippen molar-refractivity contribution < 1.29 is 5.11 Å². The molecule has 1 fully saturated rings. The van der Waals surface area contributed by atoms with Gasteiger partial charge in [0.15, 0.2) is 5.13 Å². The van der Waals surface area contributed by atoms with Crippen LogP contribution in [0.15, 0.2) is 5.38 Å². The molecule has 1 aliphatic carbocycles. The smallest absolute Gasteiger partial charge is 0.183 e. The molecule has 0 saturated heterocycles. The number of nitrogens with one attached hydrogen (secondary N) is 1. The minimum Gasteiger partial charge on any atom is -0.394 e. The molecule has 1 aromatic rings. The maximum absolute atomic E-state index is 9.52. The molecule has 1 aliphatic rings. The average Bonchev–Trinajstić information content (AvgIpc) is 2.65. The Labute approximate surface area is 94.5 Å². The maximum Gasteiger partial charge on any atom is 0.183 e. The SMILES string of the molecule is Cc1csc(NC2(CO)CCCCC2)n1. The Bertz CT molecular complexity index is 318. The van der Waals surface area contributed by atoms with E-state index in [2.05, 4.69) is 10.3 Å². The van der Waals surface area contributed by atoms with Crippen LogP contribution in [-0.2, 0) is 0 Å². The molecule has 1 aromatic heterocycles. The summed E-state index contributed by atoms with van der Waals surface area (Å²) >= 11 is 1.62. The fourth-order valence-corrected chi connectivity index (χ4v) is 3.00. The molecule has 0 amide bonds. The largest absolute Gasteiger partial charge is 0.394 e. The highest BCUT2D eigenvalue weighted by atomic mass is 32.1. The number of hydrogen-bond donors (Lipinski definition) is 2. The van der Waals surface area contributed by atoms with Gasteiger partial charge in [0, 0.05) is 5.38 Å². The van der Waals surface area contributed by atoms with E-state index in [1.807, 2.05) is 12.3 Å². The van der Waals surface area contributed by atoms with E-state index in [0.29, 0.717) is 0 Å². The quantitative estimate of drug-likeness (QED) is 0.832. The van der Waals surface area contributed by atoms with Crippen LogP contribution >= 0.6 is 11.3 Å². The fraction of sp³-hybridized carbons (Fsp3) is 0.727. The highest BCUT2D eigenvalue weighted by molar-refractivity contribution is 7.13. The first-order valence-electron chi connectivity index (χ1n) is 5.55. The van der Waals surface area contributed by atoms with E-state index in [-0.39, 0.29) is 12.1 Å². The van der Waals surface area contributed by atoms with Crippen LogP contribution in [0.25, 0.3) is 0 Å². The second-order valence-corrected chi connectivity index (χ2v) is 5.28. The van der Waals surface area contributed by atoms with Crippen molar-refractivity contribution in [3.8, 4) is 0 Å². The van der Waals surface area contributed by atoms with Crippen molar-refractivity contribution in [1.29, 1.82) is 0 Å². The molecule has 84 valence electrons. The van der Waals surface area contributed by atoms with Crippen molar-refractivity contribution in [2.45, 2.75) is 44.6 Å². The van der Waals surface area contributed by atoms with Crippen LogP contribution in [0.5, 0.6) is 0 Å². The topological polar surface area (TPSA) is 45.1 Å². The van der Waals surface area contributed by atoms with Gasteiger partial charge < -0.3 is 10.4 Å². The zero-order valence-corrected chi connectivity index (χ0v) is 9.94. The number of anilines is 1. The van der Waals surface area contributed by atoms with Gasteiger partial charge in [-0.1, -0.05) is 19.3 Å². The molecule has 0 aromatic carbocycles. The molecule has 0 spiro atoms. The van der Waals surface area contributed by atoms with Crippen molar-refractivity contribution >= 4 is 16.5 Å². The van der Waals surface area contributed by atoms with Crippen molar-refractivity contribution in [3.05, 3.63) is 11.1 Å². The van der Waals surface area contributed by atoms with Crippen molar-refractivity contribution in [2.24, 2.45) is 0 Å². The molecule has 15 heavy (non-hydrogen) atoms. The first kappa shape index (κ1) is 10.9. The first-order chi connectivity index (χ1) is 7.24. The Balaban J connectivity index is 2.06. The Morgan fingerprint density at radius 2 is 2.20 bits per heavy atom. The molecule has 0 atom stereocenters. The summed E-state index contributed by atoms with van der Waals surface area (Å²) in [4.78, 5) is 4.39. The van der Waals surface area contributed by atoms with Gasteiger partial charge in [-0.05, 0) is 19.8 Å². The first-order valence-corrected chi connectivity index (χ1v) is 6.43. The van der Waals surface area contributed by atoms with Crippen LogP contribution in [0.3, 0.4) is 0 Å². The lowest BCUT2D eigenvalue weighted by Gasteiger charge is -2.36. The summed E-state index contributed by atoms with van der Waals surface area (Å²) in [6.07, 6.45) is 5.82. The van der Waals surface area contributed by atoms with Crippen LogP contribution in [0.1, 0.15) is 37.8 Å². The molecule has 2 rings (SSSR count). The van der Waals surface area contributed by atoms with Crippen LogP contribution < -0.4 is 5.32 Å². The minimum absolute atomic E-state index is 0.109. The summed E-state index contributed by atoms with van der Waals surface area (Å²) in [5.41, 5.74) is 0.939. The van der Waals surface area contributed by atoms with Crippen LogP contribution in [-0.4, -0.2) is 22.2 Å². The van der Waals surface area contributed by atoms with E-state index < -0.39 is 0 Å². The zero-order valence-electron chi connectivity index (χ0n) is 9.12. The second-order valence-electron chi connectivity index (χ2n) is 4.42. The molecule has 0 aliphatic heterocycles.